The molecule has 0 bridgehead atoms. The quantitative estimate of drug-likeness (QED) is 0.894. The van der Waals surface area contributed by atoms with Gasteiger partial charge < -0.3 is 15.0 Å². The van der Waals surface area contributed by atoms with Gasteiger partial charge >= 0.3 is 0 Å². The summed E-state index contributed by atoms with van der Waals surface area (Å²) in [5.41, 5.74) is 0.715. The van der Waals surface area contributed by atoms with Crippen molar-refractivity contribution in [1.29, 1.82) is 0 Å². The van der Waals surface area contributed by atoms with Gasteiger partial charge in [-0.3, -0.25) is 4.79 Å². The van der Waals surface area contributed by atoms with Gasteiger partial charge in [-0.15, -0.1) is 0 Å². The number of anilines is 1. The van der Waals surface area contributed by atoms with E-state index in [9.17, 15) is 4.79 Å². The van der Waals surface area contributed by atoms with Crippen molar-refractivity contribution in [3.8, 4) is 5.75 Å². The van der Waals surface area contributed by atoms with Crippen LogP contribution in [-0.4, -0.2) is 32.1 Å². The molecule has 1 saturated heterocycles. The molecule has 1 aromatic carbocycles. The van der Waals surface area contributed by atoms with Crippen LogP contribution in [0.25, 0.3) is 0 Å². The minimum absolute atomic E-state index is 0.0380. The Labute approximate surface area is 131 Å². The van der Waals surface area contributed by atoms with Crippen molar-refractivity contribution < 1.29 is 14.4 Å². The average molecular weight is 312 g/mol. The van der Waals surface area contributed by atoms with Gasteiger partial charge in [-0.2, -0.15) is 0 Å². The third-order valence-corrected chi connectivity index (χ3v) is 4.47. The van der Waals surface area contributed by atoms with E-state index in [0.717, 1.165) is 13.1 Å². The molecule has 0 radical (unpaired) electrons. The summed E-state index contributed by atoms with van der Waals surface area (Å²) in [7, 11) is 1.57. The fourth-order valence-electron chi connectivity index (χ4n) is 2.80. The molecule has 0 saturated carbocycles. The van der Waals surface area contributed by atoms with Crippen molar-refractivity contribution >= 4 is 23.2 Å². The summed E-state index contributed by atoms with van der Waals surface area (Å²) >= 11 is 6.08. The second-order valence-corrected chi connectivity index (χ2v) is 6.04. The largest absolute Gasteiger partial charge is 0.495 e. The standard InChI is InChI=1S/C16H23ClN2O2/c1-12(19-9-5-3-4-6-10-19)16(20)18-13-7-8-15(21-2)14(17)11-13/h7-8,11-12H,3-6,9-10H2,1-2H3,(H,18,20)/p+1/t12-/m1/s1. The summed E-state index contributed by atoms with van der Waals surface area (Å²) in [6.45, 7) is 4.16. The SMILES string of the molecule is COc1ccc(NC(=O)[C@@H](C)[NH+]2CCCCCC2)cc1Cl. The van der Waals surface area contributed by atoms with E-state index >= 15 is 0 Å². The number of nitrogens with one attached hydrogen (secondary N) is 2. The van der Waals surface area contributed by atoms with E-state index in [1.54, 1.807) is 19.2 Å². The molecule has 0 unspecified atom stereocenters. The number of carbonyl (C=O) groups excluding carboxylic acids is 1. The molecule has 0 aromatic heterocycles. The average Bonchev–Trinajstić information content (AvgIpc) is 2.75. The third-order valence-electron chi connectivity index (χ3n) is 4.17. The molecule has 1 aliphatic heterocycles. The number of carbonyl (C=O) groups is 1. The van der Waals surface area contributed by atoms with Crippen LogP contribution >= 0.6 is 11.6 Å². The molecule has 1 atom stereocenters. The van der Waals surface area contributed by atoms with E-state index in [-0.39, 0.29) is 11.9 Å². The van der Waals surface area contributed by atoms with Crippen LogP contribution in [0.15, 0.2) is 18.2 Å². The van der Waals surface area contributed by atoms with Gasteiger partial charge in [-0.25, -0.2) is 0 Å². The molecule has 0 spiro atoms. The first-order valence-electron chi connectivity index (χ1n) is 7.61. The normalized spacial score (nSPS) is 17.9. The van der Waals surface area contributed by atoms with Crippen LogP contribution < -0.4 is 15.0 Å². The highest BCUT2D eigenvalue weighted by Crippen LogP contribution is 2.27. The van der Waals surface area contributed by atoms with E-state index in [2.05, 4.69) is 5.32 Å². The van der Waals surface area contributed by atoms with Gasteiger partial charge in [-0.1, -0.05) is 11.6 Å². The van der Waals surface area contributed by atoms with Gasteiger partial charge in [0.25, 0.3) is 5.91 Å². The predicted molar refractivity (Wildman–Crippen MR) is 85.3 cm³/mol. The zero-order chi connectivity index (χ0) is 15.2. The Kier molecular flexibility index (Phi) is 5.88. The van der Waals surface area contributed by atoms with Crippen LogP contribution in [0.3, 0.4) is 0 Å². The fraction of sp³-hybridized carbons (Fsp3) is 0.562. The van der Waals surface area contributed by atoms with Crippen molar-refractivity contribution in [3.63, 3.8) is 0 Å². The topological polar surface area (TPSA) is 42.8 Å². The van der Waals surface area contributed by atoms with E-state index in [0.29, 0.717) is 16.5 Å². The monoisotopic (exact) mass is 311 g/mol. The second-order valence-electron chi connectivity index (χ2n) is 5.63. The molecule has 2 N–H and O–H groups in total. The Morgan fingerprint density at radius 3 is 2.52 bits per heavy atom. The van der Waals surface area contributed by atoms with Crippen molar-refractivity contribution in [1.82, 2.24) is 0 Å². The molecule has 4 nitrogen and oxygen atoms in total. The molecule has 1 heterocycles. The van der Waals surface area contributed by atoms with Crippen molar-refractivity contribution in [2.75, 3.05) is 25.5 Å². The fourth-order valence-corrected chi connectivity index (χ4v) is 3.05. The Morgan fingerprint density at radius 1 is 1.29 bits per heavy atom. The highest BCUT2D eigenvalue weighted by molar-refractivity contribution is 6.32. The summed E-state index contributed by atoms with van der Waals surface area (Å²) in [5.74, 6) is 0.661. The summed E-state index contributed by atoms with van der Waals surface area (Å²) in [6.07, 6.45) is 4.99. The highest BCUT2D eigenvalue weighted by Gasteiger charge is 2.25. The van der Waals surface area contributed by atoms with Gasteiger partial charge in [0.2, 0.25) is 0 Å². The molecule has 0 aliphatic carbocycles. The Hall–Kier alpha value is -1.26. The molecule has 1 aromatic rings. The van der Waals surface area contributed by atoms with Crippen molar-refractivity contribution in [2.45, 2.75) is 38.6 Å². The summed E-state index contributed by atoms with van der Waals surface area (Å²) < 4.78 is 5.11. The Balaban J connectivity index is 1.98. The van der Waals surface area contributed by atoms with Gasteiger partial charge in [0.05, 0.1) is 25.2 Å². The Bertz CT molecular complexity index is 485. The maximum Gasteiger partial charge on any atom is 0.282 e. The zero-order valence-electron chi connectivity index (χ0n) is 12.7. The maximum atomic E-state index is 12.4. The lowest BCUT2D eigenvalue weighted by atomic mass is 10.2. The van der Waals surface area contributed by atoms with Crippen molar-refractivity contribution in [2.24, 2.45) is 0 Å². The lowest BCUT2D eigenvalue weighted by Crippen LogP contribution is -3.16. The summed E-state index contributed by atoms with van der Waals surface area (Å²) in [5, 5.41) is 3.46. The smallest absolute Gasteiger partial charge is 0.282 e. The first-order chi connectivity index (χ1) is 10.1. The molecule has 1 fully saturated rings. The molecular formula is C16H24ClN2O2+. The summed E-state index contributed by atoms with van der Waals surface area (Å²) in [4.78, 5) is 13.8. The summed E-state index contributed by atoms with van der Waals surface area (Å²) in [6, 6.07) is 5.26. The highest BCUT2D eigenvalue weighted by atomic mass is 35.5. The maximum absolute atomic E-state index is 12.4. The number of hydrogen-bond acceptors (Lipinski definition) is 2. The molecule has 21 heavy (non-hydrogen) atoms. The van der Waals surface area contributed by atoms with E-state index in [1.165, 1.54) is 30.6 Å². The number of amides is 1. The van der Waals surface area contributed by atoms with Crippen LogP contribution in [-0.2, 0) is 4.79 Å². The molecule has 116 valence electrons. The number of ether oxygens (including phenoxy) is 1. The number of rotatable bonds is 4. The number of halogens is 1. The Morgan fingerprint density at radius 2 is 1.95 bits per heavy atom. The van der Waals surface area contributed by atoms with Crippen LogP contribution in [0.2, 0.25) is 5.02 Å². The molecule has 5 heteroatoms. The van der Waals surface area contributed by atoms with Crippen LogP contribution in [0.4, 0.5) is 5.69 Å². The number of methoxy groups -OCH3 is 1. The first-order valence-corrected chi connectivity index (χ1v) is 7.98. The first kappa shape index (κ1) is 16.1. The van der Waals surface area contributed by atoms with E-state index < -0.39 is 0 Å². The van der Waals surface area contributed by atoms with Crippen molar-refractivity contribution in [3.05, 3.63) is 23.2 Å². The zero-order valence-corrected chi connectivity index (χ0v) is 13.5. The number of benzene rings is 1. The lowest BCUT2D eigenvalue weighted by Gasteiger charge is -2.23. The van der Waals surface area contributed by atoms with Gasteiger partial charge in [0, 0.05) is 5.69 Å². The van der Waals surface area contributed by atoms with Crippen LogP contribution in [0, 0.1) is 0 Å². The number of quaternary nitrogens is 1. The molecule has 2 rings (SSSR count). The second kappa shape index (κ2) is 7.66. The third kappa shape index (κ3) is 4.35. The number of hydrogen-bond donors (Lipinski definition) is 2. The van der Waals surface area contributed by atoms with Gasteiger partial charge in [-0.05, 0) is 50.8 Å². The van der Waals surface area contributed by atoms with E-state index in [4.69, 9.17) is 16.3 Å². The molecule has 1 aliphatic rings. The van der Waals surface area contributed by atoms with Crippen LogP contribution in [0.5, 0.6) is 5.75 Å². The van der Waals surface area contributed by atoms with Gasteiger partial charge in [0.15, 0.2) is 6.04 Å². The lowest BCUT2D eigenvalue weighted by molar-refractivity contribution is -0.913. The predicted octanol–water partition coefficient (Wildman–Crippen LogP) is 2.13. The van der Waals surface area contributed by atoms with Gasteiger partial charge in [0.1, 0.15) is 5.75 Å². The molecule has 1 amide bonds. The molecular weight excluding hydrogens is 288 g/mol. The minimum Gasteiger partial charge on any atom is -0.495 e. The minimum atomic E-state index is -0.0380. The van der Waals surface area contributed by atoms with E-state index in [1.807, 2.05) is 13.0 Å². The van der Waals surface area contributed by atoms with Crippen LogP contribution in [0.1, 0.15) is 32.6 Å². The number of likely N-dealkylation sites (tertiary alicyclic amines) is 1.